The van der Waals surface area contributed by atoms with Crippen molar-refractivity contribution < 1.29 is 13.9 Å². The predicted octanol–water partition coefficient (Wildman–Crippen LogP) is 2.86. The molecule has 1 aromatic carbocycles. The molecule has 0 bridgehead atoms. The molecule has 5 heteroatoms. The van der Waals surface area contributed by atoms with Crippen molar-refractivity contribution in [1.29, 1.82) is 5.26 Å². The van der Waals surface area contributed by atoms with Gasteiger partial charge in [0.15, 0.2) is 0 Å². The molecule has 0 saturated carbocycles. The first-order valence-corrected chi connectivity index (χ1v) is 6.06. The van der Waals surface area contributed by atoms with Crippen molar-refractivity contribution in [3.63, 3.8) is 0 Å². The van der Waals surface area contributed by atoms with Gasteiger partial charge in [0.2, 0.25) is 0 Å². The van der Waals surface area contributed by atoms with Crippen molar-refractivity contribution in [3.8, 4) is 6.07 Å². The molecule has 0 atom stereocenters. The van der Waals surface area contributed by atoms with Crippen LogP contribution in [0.3, 0.4) is 0 Å². The van der Waals surface area contributed by atoms with E-state index in [1.165, 1.54) is 7.11 Å². The molecule has 0 aliphatic carbocycles. The number of aryl methyl sites for hydroxylation is 1. The van der Waals surface area contributed by atoms with Crippen LogP contribution in [0.2, 0.25) is 0 Å². The third-order valence-corrected chi connectivity index (χ3v) is 2.87. The van der Waals surface area contributed by atoms with E-state index in [4.69, 9.17) is 9.68 Å². The van der Waals surface area contributed by atoms with Gasteiger partial charge in [-0.05, 0) is 25.1 Å². The van der Waals surface area contributed by atoms with E-state index in [1.54, 1.807) is 25.1 Å². The summed E-state index contributed by atoms with van der Waals surface area (Å²) in [4.78, 5) is 11.5. The first-order chi connectivity index (χ1) is 9.65. The quantitative estimate of drug-likeness (QED) is 0.864. The van der Waals surface area contributed by atoms with Gasteiger partial charge >= 0.3 is 5.97 Å². The normalized spacial score (nSPS) is 9.85. The fourth-order valence-electron chi connectivity index (χ4n) is 1.86. The molecular formula is C15H14N2O3. The molecule has 5 nitrogen and oxygen atoms in total. The number of nitrogens with zero attached hydrogens (tertiary/aromatic N) is 1. The maximum atomic E-state index is 11.5. The average molecular weight is 270 g/mol. The van der Waals surface area contributed by atoms with E-state index in [-0.39, 0.29) is 0 Å². The molecule has 1 heterocycles. The van der Waals surface area contributed by atoms with Crippen molar-refractivity contribution in [2.75, 3.05) is 12.4 Å². The Morgan fingerprint density at radius 1 is 1.45 bits per heavy atom. The average Bonchev–Trinajstić information content (AvgIpc) is 2.85. The van der Waals surface area contributed by atoms with Gasteiger partial charge in [0.1, 0.15) is 23.2 Å². The lowest BCUT2D eigenvalue weighted by Gasteiger charge is -2.05. The summed E-state index contributed by atoms with van der Waals surface area (Å²) in [5.41, 5.74) is 1.70. The van der Waals surface area contributed by atoms with Crippen LogP contribution in [0.15, 0.2) is 34.7 Å². The third-order valence-electron chi connectivity index (χ3n) is 2.87. The van der Waals surface area contributed by atoms with Gasteiger partial charge in [0.25, 0.3) is 0 Å². The second-order valence-corrected chi connectivity index (χ2v) is 4.19. The number of hydrogen-bond donors (Lipinski definition) is 1. The lowest BCUT2D eigenvalue weighted by atomic mass is 10.2. The fourth-order valence-corrected chi connectivity index (χ4v) is 1.86. The van der Waals surface area contributed by atoms with Crippen molar-refractivity contribution in [3.05, 3.63) is 53.0 Å². The second-order valence-electron chi connectivity index (χ2n) is 4.19. The topological polar surface area (TPSA) is 75.3 Å². The van der Waals surface area contributed by atoms with Crippen molar-refractivity contribution in [2.24, 2.45) is 0 Å². The lowest BCUT2D eigenvalue weighted by molar-refractivity contribution is 0.0599. The molecule has 0 spiro atoms. The van der Waals surface area contributed by atoms with Crippen LogP contribution >= 0.6 is 0 Å². The highest BCUT2D eigenvalue weighted by Gasteiger charge is 2.15. The Morgan fingerprint density at radius 2 is 2.20 bits per heavy atom. The number of ether oxygens (including phenoxy) is 1. The molecule has 0 unspecified atom stereocenters. The molecule has 0 radical (unpaired) electrons. The van der Waals surface area contributed by atoms with E-state index in [9.17, 15) is 4.79 Å². The number of carbonyl (C=O) groups excluding carboxylic acids is 1. The van der Waals surface area contributed by atoms with Gasteiger partial charge in [-0.2, -0.15) is 5.26 Å². The summed E-state index contributed by atoms with van der Waals surface area (Å²) in [7, 11) is 1.33. The molecule has 0 aliphatic heterocycles. The van der Waals surface area contributed by atoms with Gasteiger partial charge < -0.3 is 14.5 Å². The number of carbonyl (C=O) groups is 1. The van der Waals surface area contributed by atoms with Gasteiger partial charge in [-0.25, -0.2) is 4.79 Å². The minimum atomic E-state index is -0.421. The summed E-state index contributed by atoms with van der Waals surface area (Å²) in [6.07, 6.45) is 0. The first kappa shape index (κ1) is 13.7. The lowest BCUT2D eigenvalue weighted by Crippen LogP contribution is -2.01. The number of esters is 1. The minimum absolute atomic E-state index is 0.385. The van der Waals surface area contributed by atoms with Crippen LogP contribution < -0.4 is 5.32 Å². The van der Waals surface area contributed by atoms with E-state index in [0.29, 0.717) is 29.2 Å². The summed E-state index contributed by atoms with van der Waals surface area (Å²) >= 11 is 0. The monoisotopic (exact) mass is 270 g/mol. The molecule has 102 valence electrons. The summed E-state index contributed by atoms with van der Waals surface area (Å²) in [6, 6.07) is 10.9. The number of methoxy groups -OCH3 is 1. The van der Waals surface area contributed by atoms with Crippen molar-refractivity contribution >= 4 is 11.7 Å². The second kappa shape index (κ2) is 5.93. The standard InChI is InChI=1S/C15H14N2O3/c1-10-13(15(18)19-2)7-12(20-10)9-17-14-6-4-3-5-11(14)8-16/h3-7,17H,9H2,1-2H3. The predicted molar refractivity (Wildman–Crippen MR) is 73.3 cm³/mol. The summed E-state index contributed by atoms with van der Waals surface area (Å²) in [5.74, 6) is 0.702. The number of benzene rings is 1. The maximum absolute atomic E-state index is 11.5. The summed E-state index contributed by atoms with van der Waals surface area (Å²) < 4.78 is 10.2. The zero-order chi connectivity index (χ0) is 14.5. The number of hydrogen-bond acceptors (Lipinski definition) is 5. The van der Waals surface area contributed by atoms with Crippen LogP contribution in [-0.4, -0.2) is 13.1 Å². The summed E-state index contributed by atoms with van der Waals surface area (Å²) in [6.45, 7) is 2.09. The first-order valence-electron chi connectivity index (χ1n) is 6.06. The largest absolute Gasteiger partial charge is 0.465 e. The fraction of sp³-hybridized carbons (Fsp3) is 0.200. The van der Waals surface area contributed by atoms with Gasteiger partial charge in [-0.3, -0.25) is 0 Å². The SMILES string of the molecule is COC(=O)c1cc(CNc2ccccc2C#N)oc1C. The van der Waals surface area contributed by atoms with E-state index in [0.717, 1.165) is 5.69 Å². The molecule has 0 aliphatic rings. The molecule has 0 saturated heterocycles. The van der Waals surface area contributed by atoms with E-state index < -0.39 is 5.97 Å². The highest BCUT2D eigenvalue weighted by Crippen LogP contribution is 2.19. The maximum Gasteiger partial charge on any atom is 0.341 e. The van der Waals surface area contributed by atoms with Crippen LogP contribution in [0.25, 0.3) is 0 Å². The number of nitrogens with one attached hydrogen (secondary N) is 1. The van der Waals surface area contributed by atoms with Gasteiger partial charge in [0.05, 0.1) is 24.9 Å². The van der Waals surface area contributed by atoms with E-state index >= 15 is 0 Å². The Hall–Kier alpha value is -2.74. The molecule has 0 fully saturated rings. The molecule has 20 heavy (non-hydrogen) atoms. The Kier molecular flexibility index (Phi) is 4.06. The van der Waals surface area contributed by atoms with Crippen LogP contribution in [0, 0.1) is 18.3 Å². The molecule has 1 N–H and O–H groups in total. The van der Waals surface area contributed by atoms with Crippen LogP contribution in [-0.2, 0) is 11.3 Å². The van der Waals surface area contributed by atoms with Crippen LogP contribution in [0.5, 0.6) is 0 Å². The molecule has 1 aromatic heterocycles. The number of para-hydroxylation sites is 1. The zero-order valence-corrected chi connectivity index (χ0v) is 11.3. The Morgan fingerprint density at radius 3 is 2.90 bits per heavy atom. The van der Waals surface area contributed by atoms with Gasteiger partial charge in [-0.1, -0.05) is 12.1 Å². The van der Waals surface area contributed by atoms with Crippen molar-refractivity contribution in [1.82, 2.24) is 0 Å². The third kappa shape index (κ3) is 2.81. The Bertz CT molecular complexity index is 668. The Balaban J connectivity index is 2.12. The van der Waals surface area contributed by atoms with Crippen LogP contribution in [0.1, 0.15) is 27.4 Å². The highest BCUT2D eigenvalue weighted by atomic mass is 16.5. The van der Waals surface area contributed by atoms with Gasteiger partial charge in [-0.15, -0.1) is 0 Å². The minimum Gasteiger partial charge on any atom is -0.465 e. The number of anilines is 1. The molecule has 2 rings (SSSR count). The van der Waals surface area contributed by atoms with Crippen molar-refractivity contribution in [2.45, 2.75) is 13.5 Å². The molecule has 2 aromatic rings. The highest BCUT2D eigenvalue weighted by molar-refractivity contribution is 5.90. The number of nitriles is 1. The molecule has 0 amide bonds. The summed E-state index contributed by atoms with van der Waals surface area (Å²) in [5, 5.41) is 12.1. The van der Waals surface area contributed by atoms with Gasteiger partial charge in [0, 0.05) is 0 Å². The van der Waals surface area contributed by atoms with Crippen LogP contribution in [0.4, 0.5) is 5.69 Å². The number of rotatable bonds is 4. The Labute approximate surface area is 116 Å². The smallest absolute Gasteiger partial charge is 0.341 e. The molecular weight excluding hydrogens is 256 g/mol. The zero-order valence-electron chi connectivity index (χ0n) is 11.3. The van der Waals surface area contributed by atoms with E-state index in [2.05, 4.69) is 16.1 Å². The number of furan rings is 1. The van der Waals surface area contributed by atoms with E-state index in [1.807, 2.05) is 12.1 Å².